The zero-order chi connectivity index (χ0) is 16.4. The SMILES string of the molecule is CCN(CC)S(=O)(=O)N1CCC[C@H](c2nc3ccccc3[nH]2)C1. The Balaban J connectivity index is 1.83. The minimum atomic E-state index is -3.37. The van der Waals surface area contributed by atoms with E-state index < -0.39 is 10.2 Å². The molecule has 0 amide bonds. The van der Waals surface area contributed by atoms with Gasteiger partial charge in [0, 0.05) is 32.1 Å². The average Bonchev–Trinajstić information content (AvgIpc) is 3.00. The van der Waals surface area contributed by atoms with Gasteiger partial charge in [0.15, 0.2) is 0 Å². The van der Waals surface area contributed by atoms with E-state index in [-0.39, 0.29) is 5.92 Å². The highest BCUT2D eigenvalue weighted by atomic mass is 32.2. The third-order valence-corrected chi connectivity index (χ3v) is 6.69. The van der Waals surface area contributed by atoms with Crippen LogP contribution in [0.4, 0.5) is 0 Å². The van der Waals surface area contributed by atoms with E-state index in [1.54, 1.807) is 4.31 Å². The highest BCUT2D eigenvalue weighted by Crippen LogP contribution is 2.28. The second-order valence-electron chi connectivity index (χ2n) is 5.93. The van der Waals surface area contributed by atoms with Crippen molar-refractivity contribution in [2.24, 2.45) is 0 Å². The van der Waals surface area contributed by atoms with Crippen LogP contribution in [0.3, 0.4) is 0 Å². The monoisotopic (exact) mass is 336 g/mol. The summed E-state index contributed by atoms with van der Waals surface area (Å²) in [6.45, 7) is 5.85. The first kappa shape index (κ1) is 16.4. The molecule has 1 N–H and O–H groups in total. The van der Waals surface area contributed by atoms with Gasteiger partial charge in [0.25, 0.3) is 10.2 Å². The molecule has 6 nitrogen and oxygen atoms in total. The lowest BCUT2D eigenvalue weighted by Crippen LogP contribution is -2.47. The van der Waals surface area contributed by atoms with Gasteiger partial charge in [0.1, 0.15) is 5.82 Å². The van der Waals surface area contributed by atoms with Crippen molar-refractivity contribution in [3.8, 4) is 0 Å². The van der Waals surface area contributed by atoms with Crippen LogP contribution in [0.1, 0.15) is 38.4 Å². The number of aromatic amines is 1. The van der Waals surface area contributed by atoms with Gasteiger partial charge < -0.3 is 4.98 Å². The quantitative estimate of drug-likeness (QED) is 0.911. The van der Waals surface area contributed by atoms with E-state index >= 15 is 0 Å². The minimum Gasteiger partial charge on any atom is -0.342 e. The summed E-state index contributed by atoms with van der Waals surface area (Å²) in [6.07, 6.45) is 1.83. The van der Waals surface area contributed by atoms with Crippen LogP contribution in [0.25, 0.3) is 11.0 Å². The van der Waals surface area contributed by atoms with Crippen LogP contribution in [0, 0.1) is 0 Å². The standard InChI is InChI=1S/C16H24N4O2S/c1-3-19(4-2)23(21,22)20-11-7-8-13(12-20)16-17-14-9-5-6-10-15(14)18-16/h5-6,9-10,13H,3-4,7-8,11-12H2,1-2H3,(H,17,18)/t13-/m0/s1. The zero-order valence-electron chi connectivity index (χ0n) is 13.7. The maximum absolute atomic E-state index is 12.7. The molecule has 0 radical (unpaired) electrons. The molecule has 126 valence electrons. The molecule has 1 saturated heterocycles. The normalized spacial score (nSPS) is 20.4. The first-order valence-corrected chi connectivity index (χ1v) is 9.65. The lowest BCUT2D eigenvalue weighted by Gasteiger charge is -2.34. The molecule has 0 bridgehead atoms. The molecule has 1 aromatic carbocycles. The number of para-hydroxylation sites is 2. The van der Waals surface area contributed by atoms with Crippen molar-refractivity contribution in [1.29, 1.82) is 0 Å². The summed E-state index contributed by atoms with van der Waals surface area (Å²) in [5.74, 6) is 1.02. The smallest absolute Gasteiger partial charge is 0.281 e. The number of nitrogens with zero attached hydrogens (tertiary/aromatic N) is 3. The summed E-state index contributed by atoms with van der Waals surface area (Å²) >= 11 is 0. The van der Waals surface area contributed by atoms with Gasteiger partial charge >= 0.3 is 0 Å². The van der Waals surface area contributed by atoms with Crippen LogP contribution in [-0.4, -0.2) is 53.2 Å². The van der Waals surface area contributed by atoms with Gasteiger partial charge in [-0.05, 0) is 25.0 Å². The summed E-state index contributed by atoms with van der Waals surface area (Å²) in [5.41, 5.74) is 1.94. The van der Waals surface area contributed by atoms with Crippen molar-refractivity contribution in [3.05, 3.63) is 30.1 Å². The van der Waals surface area contributed by atoms with Gasteiger partial charge in [-0.1, -0.05) is 26.0 Å². The van der Waals surface area contributed by atoms with E-state index in [9.17, 15) is 8.42 Å². The van der Waals surface area contributed by atoms with Gasteiger partial charge in [0.2, 0.25) is 0 Å². The number of piperidine rings is 1. The Morgan fingerprint density at radius 1 is 1.30 bits per heavy atom. The summed E-state index contributed by atoms with van der Waals surface area (Å²) in [5, 5.41) is 0. The number of hydrogen-bond donors (Lipinski definition) is 1. The molecule has 1 fully saturated rings. The van der Waals surface area contributed by atoms with E-state index in [0.29, 0.717) is 26.2 Å². The maximum atomic E-state index is 12.7. The highest BCUT2D eigenvalue weighted by Gasteiger charge is 2.33. The third kappa shape index (κ3) is 3.13. The van der Waals surface area contributed by atoms with E-state index in [1.165, 1.54) is 4.31 Å². The second kappa shape index (κ2) is 6.59. The van der Waals surface area contributed by atoms with Crippen LogP contribution < -0.4 is 0 Å². The van der Waals surface area contributed by atoms with Crippen LogP contribution >= 0.6 is 0 Å². The first-order chi connectivity index (χ1) is 11.1. The second-order valence-corrected chi connectivity index (χ2v) is 7.86. The molecular weight excluding hydrogens is 312 g/mol. The van der Waals surface area contributed by atoms with Crippen LogP contribution in [0.15, 0.2) is 24.3 Å². The summed E-state index contributed by atoms with van der Waals surface area (Å²) in [7, 11) is -3.37. The molecule has 0 spiro atoms. The fraction of sp³-hybridized carbons (Fsp3) is 0.562. The Kier molecular flexibility index (Phi) is 4.70. The van der Waals surface area contributed by atoms with Crippen LogP contribution in [-0.2, 0) is 10.2 Å². The molecule has 3 rings (SSSR count). The molecular formula is C16H24N4O2S. The Morgan fingerprint density at radius 3 is 2.74 bits per heavy atom. The summed E-state index contributed by atoms with van der Waals surface area (Å²) in [4.78, 5) is 8.00. The van der Waals surface area contributed by atoms with E-state index in [0.717, 1.165) is 29.7 Å². The van der Waals surface area contributed by atoms with Crippen molar-refractivity contribution in [2.45, 2.75) is 32.6 Å². The fourth-order valence-electron chi connectivity index (χ4n) is 3.25. The van der Waals surface area contributed by atoms with Gasteiger partial charge in [-0.15, -0.1) is 0 Å². The van der Waals surface area contributed by atoms with E-state index in [1.807, 2.05) is 38.1 Å². The Hall–Kier alpha value is -1.44. The Bertz CT molecular complexity index is 734. The maximum Gasteiger partial charge on any atom is 0.281 e. The van der Waals surface area contributed by atoms with E-state index in [2.05, 4.69) is 9.97 Å². The first-order valence-electron chi connectivity index (χ1n) is 8.26. The molecule has 0 aliphatic carbocycles. The molecule has 1 aromatic heterocycles. The average molecular weight is 336 g/mol. The van der Waals surface area contributed by atoms with Crippen molar-refractivity contribution < 1.29 is 8.42 Å². The zero-order valence-corrected chi connectivity index (χ0v) is 14.5. The number of H-pyrrole nitrogens is 1. The summed E-state index contributed by atoms with van der Waals surface area (Å²) in [6, 6.07) is 7.91. The lowest BCUT2D eigenvalue weighted by atomic mass is 9.99. The van der Waals surface area contributed by atoms with Crippen molar-refractivity contribution in [3.63, 3.8) is 0 Å². The van der Waals surface area contributed by atoms with Crippen LogP contribution in [0.2, 0.25) is 0 Å². The predicted octanol–water partition coefficient (Wildman–Crippen LogP) is 2.33. The molecule has 0 unspecified atom stereocenters. The number of aromatic nitrogens is 2. The van der Waals surface area contributed by atoms with Crippen molar-refractivity contribution in [1.82, 2.24) is 18.6 Å². The number of rotatable bonds is 5. The minimum absolute atomic E-state index is 0.126. The topological polar surface area (TPSA) is 69.3 Å². The molecule has 7 heteroatoms. The summed E-state index contributed by atoms with van der Waals surface area (Å²) < 4.78 is 28.6. The number of fused-ring (bicyclic) bond motifs is 1. The molecule has 1 aliphatic heterocycles. The van der Waals surface area contributed by atoms with E-state index in [4.69, 9.17) is 0 Å². The molecule has 2 heterocycles. The lowest BCUT2D eigenvalue weighted by molar-refractivity contribution is 0.284. The van der Waals surface area contributed by atoms with Crippen molar-refractivity contribution in [2.75, 3.05) is 26.2 Å². The van der Waals surface area contributed by atoms with Crippen molar-refractivity contribution >= 4 is 21.2 Å². The largest absolute Gasteiger partial charge is 0.342 e. The van der Waals surface area contributed by atoms with Gasteiger partial charge in [-0.25, -0.2) is 4.98 Å². The highest BCUT2D eigenvalue weighted by molar-refractivity contribution is 7.86. The fourth-order valence-corrected chi connectivity index (χ4v) is 4.96. The molecule has 2 aromatic rings. The third-order valence-electron chi connectivity index (χ3n) is 4.54. The number of hydrogen-bond acceptors (Lipinski definition) is 3. The molecule has 1 atom stereocenters. The molecule has 1 aliphatic rings. The number of imidazole rings is 1. The molecule has 23 heavy (non-hydrogen) atoms. The Morgan fingerprint density at radius 2 is 2.04 bits per heavy atom. The number of benzene rings is 1. The van der Waals surface area contributed by atoms with Gasteiger partial charge in [-0.3, -0.25) is 0 Å². The number of nitrogens with one attached hydrogen (secondary N) is 1. The van der Waals surface area contributed by atoms with Gasteiger partial charge in [-0.2, -0.15) is 17.0 Å². The van der Waals surface area contributed by atoms with Crippen LogP contribution in [0.5, 0.6) is 0 Å². The van der Waals surface area contributed by atoms with Gasteiger partial charge in [0.05, 0.1) is 11.0 Å². The Labute approximate surface area is 137 Å². The molecule has 0 saturated carbocycles. The predicted molar refractivity (Wildman–Crippen MR) is 91.5 cm³/mol.